The summed E-state index contributed by atoms with van der Waals surface area (Å²) in [5, 5.41) is 3.31. The number of nitrogens with zero attached hydrogens (tertiary/aromatic N) is 1. The van der Waals surface area contributed by atoms with Crippen molar-refractivity contribution < 1.29 is 4.79 Å². The fourth-order valence-corrected chi connectivity index (χ4v) is 4.97. The third kappa shape index (κ3) is 2.51. The number of carbonyl (C=O) groups is 1. The third-order valence-corrected chi connectivity index (χ3v) is 5.86. The Morgan fingerprint density at radius 1 is 1.45 bits per heavy atom. The average molecular weight is 292 g/mol. The number of likely N-dealkylation sites (tertiary alicyclic amines) is 1. The highest BCUT2D eigenvalue weighted by Gasteiger charge is 2.47. The molecule has 20 heavy (non-hydrogen) atoms. The van der Waals surface area contributed by atoms with Gasteiger partial charge in [-0.3, -0.25) is 9.69 Å². The van der Waals surface area contributed by atoms with Crippen molar-refractivity contribution in [3.8, 4) is 0 Å². The molecule has 2 aliphatic heterocycles. The molecule has 1 amide bonds. The van der Waals surface area contributed by atoms with Gasteiger partial charge in [-0.15, -0.1) is 11.3 Å². The van der Waals surface area contributed by atoms with Crippen LogP contribution >= 0.6 is 11.3 Å². The Morgan fingerprint density at radius 3 is 2.90 bits per heavy atom. The number of rotatable bonds is 3. The van der Waals surface area contributed by atoms with E-state index in [1.165, 1.54) is 16.2 Å². The highest BCUT2D eigenvalue weighted by Crippen LogP contribution is 2.38. The van der Waals surface area contributed by atoms with Crippen LogP contribution in [0.4, 0.5) is 0 Å². The highest BCUT2D eigenvalue weighted by atomic mass is 32.1. The zero-order valence-corrected chi connectivity index (χ0v) is 13.3. The van der Waals surface area contributed by atoms with Crippen LogP contribution in [-0.2, 0) is 11.3 Å². The number of thiophene rings is 1. The van der Waals surface area contributed by atoms with Crippen molar-refractivity contribution in [2.24, 2.45) is 0 Å². The summed E-state index contributed by atoms with van der Waals surface area (Å²) in [5.41, 5.74) is 0.0520. The molecular weight excluding hydrogens is 268 g/mol. The molecule has 0 unspecified atom stereocenters. The molecule has 0 radical (unpaired) electrons. The summed E-state index contributed by atoms with van der Waals surface area (Å²) in [6.45, 7) is 6.62. The number of piperidine rings is 1. The van der Waals surface area contributed by atoms with Crippen LogP contribution in [0.5, 0.6) is 0 Å². The molecule has 1 spiro atoms. The molecule has 2 fully saturated rings. The van der Waals surface area contributed by atoms with E-state index in [9.17, 15) is 4.79 Å². The minimum Gasteiger partial charge on any atom is -0.349 e. The van der Waals surface area contributed by atoms with Crippen LogP contribution in [0.25, 0.3) is 0 Å². The number of carbonyl (C=O) groups excluding carboxylic acids is 1. The Balaban J connectivity index is 1.78. The normalized spacial score (nSPS) is 30.9. The van der Waals surface area contributed by atoms with Crippen molar-refractivity contribution in [2.45, 2.75) is 64.1 Å². The summed E-state index contributed by atoms with van der Waals surface area (Å²) in [6, 6.07) is 4.95. The van der Waals surface area contributed by atoms with Crippen LogP contribution in [-0.4, -0.2) is 28.9 Å². The SMILES string of the molecule is CC[C@@H]1N(Cc2ccc(C)s2)CCC[C@]12CCC(=O)N2. The average Bonchev–Trinajstić information content (AvgIpc) is 2.97. The second-order valence-electron chi connectivity index (χ2n) is 6.21. The summed E-state index contributed by atoms with van der Waals surface area (Å²) in [4.78, 5) is 17.1. The smallest absolute Gasteiger partial charge is 0.220 e. The molecule has 2 aliphatic rings. The predicted molar refractivity (Wildman–Crippen MR) is 82.9 cm³/mol. The lowest BCUT2D eigenvalue weighted by Gasteiger charge is -2.48. The maximum absolute atomic E-state index is 11.7. The van der Waals surface area contributed by atoms with E-state index in [-0.39, 0.29) is 11.4 Å². The molecule has 1 aromatic heterocycles. The van der Waals surface area contributed by atoms with Gasteiger partial charge in [-0.25, -0.2) is 0 Å². The minimum atomic E-state index is 0.0520. The standard InChI is InChI=1S/C16H24N2OS/c1-3-14-16(9-7-15(19)17-16)8-4-10-18(14)11-13-6-5-12(2)20-13/h5-6,14H,3-4,7-11H2,1-2H3,(H,17,19)/t14-,16-/m0/s1. The van der Waals surface area contributed by atoms with Crippen LogP contribution in [0.3, 0.4) is 0 Å². The fourth-order valence-electron chi connectivity index (χ4n) is 4.05. The van der Waals surface area contributed by atoms with Crippen molar-refractivity contribution in [3.63, 3.8) is 0 Å². The minimum absolute atomic E-state index is 0.0520. The highest BCUT2D eigenvalue weighted by molar-refractivity contribution is 7.11. The quantitative estimate of drug-likeness (QED) is 0.928. The van der Waals surface area contributed by atoms with E-state index in [0.29, 0.717) is 12.5 Å². The number of amides is 1. The summed E-state index contributed by atoms with van der Waals surface area (Å²) in [5.74, 6) is 0.247. The Hall–Kier alpha value is -0.870. The molecule has 0 saturated carbocycles. The number of nitrogens with one attached hydrogen (secondary N) is 1. The molecule has 2 saturated heterocycles. The fraction of sp³-hybridized carbons (Fsp3) is 0.688. The first-order chi connectivity index (χ1) is 9.63. The number of hydrogen-bond acceptors (Lipinski definition) is 3. The van der Waals surface area contributed by atoms with Gasteiger partial charge in [-0.2, -0.15) is 0 Å². The molecule has 2 atom stereocenters. The van der Waals surface area contributed by atoms with Crippen LogP contribution < -0.4 is 5.32 Å². The van der Waals surface area contributed by atoms with E-state index in [1.807, 2.05) is 11.3 Å². The second kappa shape index (κ2) is 5.49. The van der Waals surface area contributed by atoms with E-state index < -0.39 is 0 Å². The Bertz CT molecular complexity index is 498. The zero-order valence-electron chi connectivity index (χ0n) is 12.4. The van der Waals surface area contributed by atoms with Gasteiger partial charge in [-0.1, -0.05) is 6.92 Å². The number of aryl methyl sites for hydroxylation is 1. The van der Waals surface area contributed by atoms with Crippen molar-refractivity contribution in [3.05, 3.63) is 21.9 Å². The first kappa shape index (κ1) is 14.1. The van der Waals surface area contributed by atoms with Crippen molar-refractivity contribution in [1.29, 1.82) is 0 Å². The van der Waals surface area contributed by atoms with Gasteiger partial charge in [-0.05, 0) is 51.3 Å². The van der Waals surface area contributed by atoms with Gasteiger partial charge >= 0.3 is 0 Å². The lowest BCUT2D eigenvalue weighted by molar-refractivity contribution is -0.120. The van der Waals surface area contributed by atoms with Crippen LogP contribution in [0.1, 0.15) is 48.8 Å². The van der Waals surface area contributed by atoms with E-state index >= 15 is 0 Å². The molecule has 3 heterocycles. The van der Waals surface area contributed by atoms with Gasteiger partial charge in [0.15, 0.2) is 0 Å². The predicted octanol–water partition coefficient (Wildman–Crippen LogP) is 3.08. The van der Waals surface area contributed by atoms with E-state index in [0.717, 1.165) is 32.4 Å². The molecule has 3 nitrogen and oxygen atoms in total. The topological polar surface area (TPSA) is 32.3 Å². The third-order valence-electron chi connectivity index (χ3n) is 4.88. The van der Waals surface area contributed by atoms with E-state index in [2.05, 4.69) is 36.2 Å². The maximum atomic E-state index is 11.7. The van der Waals surface area contributed by atoms with Gasteiger partial charge in [0, 0.05) is 28.8 Å². The first-order valence-corrected chi connectivity index (χ1v) is 8.55. The zero-order chi connectivity index (χ0) is 14.2. The molecule has 110 valence electrons. The van der Waals surface area contributed by atoms with Crippen LogP contribution in [0.15, 0.2) is 12.1 Å². The molecule has 0 aromatic carbocycles. The largest absolute Gasteiger partial charge is 0.349 e. The second-order valence-corrected chi connectivity index (χ2v) is 7.59. The van der Waals surface area contributed by atoms with Crippen LogP contribution in [0.2, 0.25) is 0 Å². The first-order valence-electron chi connectivity index (χ1n) is 7.73. The summed E-state index contributed by atoms with van der Waals surface area (Å²) in [7, 11) is 0. The summed E-state index contributed by atoms with van der Waals surface area (Å²) in [6.07, 6.45) is 5.19. The molecule has 0 bridgehead atoms. The van der Waals surface area contributed by atoms with E-state index in [4.69, 9.17) is 0 Å². The van der Waals surface area contributed by atoms with Gasteiger partial charge in [0.1, 0.15) is 0 Å². The van der Waals surface area contributed by atoms with Gasteiger partial charge in [0.05, 0.1) is 5.54 Å². The number of hydrogen-bond donors (Lipinski definition) is 1. The molecule has 3 rings (SSSR count). The van der Waals surface area contributed by atoms with Gasteiger partial charge in [0.25, 0.3) is 0 Å². The molecule has 4 heteroatoms. The van der Waals surface area contributed by atoms with Crippen molar-refractivity contribution >= 4 is 17.2 Å². The van der Waals surface area contributed by atoms with Gasteiger partial charge in [0.2, 0.25) is 5.91 Å². The summed E-state index contributed by atoms with van der Waals surface area (Å²) >= 11 is 1.90. The van der Waals surface area contributed by atoms with Crippen LogP contribution in [0, 0.1) is 6.92 Å². The lowest BCUT2D eigenvalue weighted by atomic mass is 9.78. The van der Waals surface area contributed by atoms with Crippen molar-refractivity contribution in [1.82, 2.24) is 10.2 Å². The Morgan fingerprint density at radius 2 is 2.30 bits per heavy atom. The summed E-state index contributed by atoms with van der Waals surface area (Å²) < 4.78 is 0. The van der Waals surface area contributed by atoms with Gasteiger partial charge < -0.3 is 5.32 Å². The maximum Gasteiger partial charge on any atom is 0.220 e. The Kier molecular flexibility index (Phi) is 3.87. The molecule has 1 N–H and O–H groups in total. The van der Waals surface area contributed by atoms with E-state index in [1.54, 1.807) is 0 Å². The van der Waals surface area contributed by atoms with Crippen molar-refractivity contribution in [2.75, 3.05) is 6.54 Å². The molecule has 1 aromatic rings. The monoisotopic (exact) mass is 292 g/mol. The lowest BCUT2D eigenvalue weighted by Crippen LogP contribution is -2.61. The molecular formula is C16H24N2OS. The Labute approximate surface area is 125 Å². The molecule has 0 aliphatic carbocycles.